The molecule has 8 nitrogen and oxygen atoms in total. The van der Waals surface area contributed by atoms with Crippen molar-refractivity contribution in [2.75, 3.05) is 45.3 Å². The predicted molar refractivity (Wildman–Crippen MR) is 171 cm³/mol. The van der Waals surface area contributed by atoms with Crippen LogP contribution in [0.3, 0.4) is 0 Å². The third kappa shape index (κ3) is 12.9. The Morgan fingerprint density at radius 1 is 1.00 bits per heavy atom. The summed E-state index contributed by atoms with van der Waals surface area (Å²) in [6, 6.07) is 9.78. The van der Waals surface area contributed by atoms with Crippen molar-refractivity contribution < 1.29 is 14.3 Å². The van der Waals surface area contributed by atoms with E-state index in [0.717, 1.165) is 57.3 Å². The molecule has 0 atom stereocenters. The number of aromatic nitrogens is 2. The Morgan fingerprint density at radius 3 is 2.24 bits per heavy atom. The monoisotopic (exact) mass is 579 g/mol. The maximum absolute atomic E-state index is 12.4. The van der Waals surface area contributed by atoms with Crippen LogP contribution in [0, 0.1) is 6.92 Å². The lowest BCUT2D eigenvalue weighted by Gasteiger charge is -2.22. The average Bonchev–Trinajstić information content (AvgIpc) is 3.01. The fourth-order valence-electron chi connectivity index (χ4n) is 5.17. The molecule has 1 amide bonds. The quantitative estimate of drug-likeness (QED) is 0.270. The topological polar surface area (TPSA) is 97.4 Å². The van der Waals surface area contributed by atoms with Crippen LogP contribution in [-0.2, 0) is 16.0 Å². The third-order valence-electron chi connectivity index (χ3n) is 7.80. The minimum atomic E-state index is -0.0928. The SMILES string of the molecule is C1CCCCC1.CCNc1cc(CNC(=O)c2ccc(C3CCOCC3)cc2)nc(C)n1.COCCNC=C1CCC1. The molecule has 1 saturated heterocycles. The molecule has 0 unspecified atom stereocenters. The number of carbonyl (C=O) groups is 1. The molecule has 3 aliphatic rings. The van der Waals surface area contributed by atoms with Gasteiger partial charge in [-0.25, -0.2) is 9.97 Å². The fraction of sp³-hybridized carbons (Fsp3) is 0.618. The van der Waals surface area contributed by atoms with Gasteiger partial charge >= 0.3 is 0 Å². The molecule has 0 bridgehead atoms. The van der Waals surface area contributed by atoms with Crippen molar-refractivity contribution in [1.82, 2.24) is 20.6 Å². The third-order valence-corrected chi connectivity index (χ3v) is 7.80. The van der Waals surface area contributed by atoms with Gasteiger partial charge in [0, 0.05) is 45.0 Å². The molecule has 2 saturated carbocycles. The number of amides is 1. The van der Waals surface area contributed by atoms with E-state index in [-0.39, 0.29) is 5.91 Å². The zero-order valence-electron chi connectivity index (χ0n) is 26.2. The van der Waals surface area contributed by atoms with Gasteiger partial charge in [0.15, 0.2) is 0 Å². The van der Waals surface area contributed by atoms with Crippen molar-refractivity contribution in [1.29, 1.82) is 0 Å². The van der Waals surface area contributed by atoms with E-state index in [1.165, 1.54) is 63.4 Å². The first-order chi connectivity index (χ1) is 20.6. The predicted octanol–water partition coefficient (Wildman–Crippen LogP) is 6.67. The van der Waals surface area contributed by atoms with Gasteiger partial charge in [-0.15, -0.1) is 0 Å². The second-order valence-corrected chi connectivity index (χ2v) is 11.2. The number of methoxy groups -OCH3 is 1. The smallest absolute Gasteiger partial charge is 0.251 e. The summed E-state index contributed by atoms with van der Waals surface area (Å²) in [4.78, 5) is 21.1. The molecule has 5 rings (SSSR count). The highest BCUT2D eigenvalue weighted by atomic mass is 16.5. The average molecular weight is 580 g/mol. The van der Waals surface area contributed by atoms with Gasteiger partial charge in [0.05, 0.1) is 18.8 Å². The van der Waals surface area contributed by atoms with Crippen LogP contribution in [0.5, 0.6) is 0 Å². The van der Waals surface area contributed by atoms with Gasteiger partial charge in [-0.3, -0.25) is 4.79 Å². The standard InChI is InChI=1S/C20H26N4O2.C8H15NO.C6H12/c1-3-21-19-12-18(23-14(2)24-19)13-22-20(25)17-6-4-15(5-7-17)16-8-10-26-11-9-16;1-10-6-5-9-7-8-3-2-4-8;1-2-4-6-5-3-1/h4-7,12,16H,3,8-11,13H2,1-2H3,(H,22,25)(H,21,23,24);7,9H,2-6H2,1H3;1-6H2. The number of carbonyl (C=O) groups excluding carboxylic acids is 1. The van der Waals surface area contributed by atoms with Gasteiger partial charge in [-0.2, -0.15) is 0 Å². The maximum Gasteiger partial charge on any atom is 0.251 e. The second-order valence-electron chi connectivity index (χ2n) is 11.2. The van der Waals surface area contributed by atoms with Gasteiger partial charge < -0.3 is 25.4 Å². The Labute approximate surface area is 253 Å². The first kappa shape index (κ1) is 33.5. The summed E-state index contributed by atoms with van der Waals surface area (Å²) in [7, 11) is 1.72. The molecule has 1 aromatic heterocycles. The Kier molecular flexibility index (Phi) is 16.0. The molecule has 3 N–H and O–H groups in total. The Morgan fingerprint density at radius 2 is 1.67 bits per heavy atom. The van der Waals surface area contributed by atoms with Crippen LogP contribution in [0.15, 0.2) is 42.1 Å². The molecule has 1 aromatic carbocycles. The molecule has 42 heavy (non-hydrogen) atoms. The fourth-order valence-corrected chi connectivity index (χ4v) is 5.17. The Balaban J connectivity index is 0.000000245. The van der Waals surface area contributed by atoms with Crippen molar-refractivity contribution >= 4 is 11.7 Å². The second kappa shape index (κ2) is 20.0. The highest BCUT2D eigenvalue weighted by Gasteiger charge is 2.16. The highest BCUT2D eigenvalue weighted by Crippen LogP contribution is 2.27. The van der Waals surface area contributed by atoms with E-state index in [2.05, 4.69) is 44.3 Å². The molecule has 1 aliphatic heterocycles. The molecule has 8 heteroatoms. The van der Waals surface area contributed by atoms with Crippen LogP contribution >= 0.6 is 0 Å². The minimum absolute atomic E-state index is 0.0928. The molecule has 3 fully saturated rings. The van der Waals surface area contributed by atoms with Crippen molar-refractivity contribution in [2.45, 2.75) is 96.9 Å². The van der Waals surface area contributed by atoms with Crippen LogP contribution in [0.2, 0.25) is 0 Å². The number of allylic oxidation sites excluding steroid dienone is 1. The summed E-state index contributed by atoms with van der Waals surface area (Å²) >= 11 is 0. The molecule has 2 aromatic rings. The zero-order chi connectivity index (χ0) is 29.8. The Hall–Kier alpha value is -2.97. The molecular formula is C34H53N5O3. The van der Waals surface area contributed by atoms with E-state index < -0.39 is 0 Å². The number of anilines is 1. The molecule has 0 spiro atoms. The van der Waals surface area contributed by atoms with Crippen molar-refractivity contribution in [3.8, 4) is 0 Å². The van der Waals surface area contributed by atoms with E-state index in [0.29, 0.717) is 23.9 Å². The lowest BCUT2D eigenvalue weighted by atomic mass is 9.91. The summed E-state index contributed by atoms with van der Waals surface area (Å²) in [5, 5.41) is 9.31. The van der Waals surface area contributed by atoms with Crippen molar-refractivity contribution in [3.63, 3.8) is 0 Å². The van der Waals surface area contributed by atoms with E-state index in [4.69, 9.17) is 9.47 Å². The van der Waals surface area contributed by atoms with Crippen molar-refractivity contribution in [3.05, 3.63) is 64.8 Å². The van der Waals surface area contributed by atoms with Crippen LogP contribution < -0.4 is 16.0 Å². The minimum Gasteiger partial charge on any atom is -0.389 e. The number of ether oxygens (including phenoxy) is 2. The van der Waals surface area contributed by atoms with Crippen LogP contribution in [-0.4, -0.2) is 55.9 Å². The van der Waals surface area contributed by atoms with Gasteiger partial charge in [-0.05, 0) is 75.8 Å². The number of rotatable bonds is 10. The number of aryl methyl sites for hydroxylation is 1. The van der Waals surface area contributed by atoms with Crippen LogP contribution in [0.4, 0.5) is 5.82 Å². The Bertz CT molecular complexity index is 1050. The molecule has 2 heterocycles. The number of benzene rings is 1. The van der Waals surface area contributed by atoms with E-state index in [1.54, 1.807) is 12.7 Å². The van der Waals surface area contributed by atoms with E-state index in [9.17, 15) is 4.79 Å². The molecule has 232 valence electrons. The van der Waals surface area contributed by atoms with Gasteiger partial charge in [0.25, 0.3) is 5.91 Å². The van der Waals surface area contributed by atoms with Crippen LogP contribution in [0.25, 0.3) is 0 Å². The van der Waals surface area contributed by atoms with Gasteiger partial charge in [-0.1, -0.05) is 56.2 Å². The summed E-state index contributed by atoms with van der Waals surface area (Å²) in [6.45, 7) is 8.40. The zero-order valence-corrected chi connectivity index (χ0v) is 26.2. The number of hydrogen-bond donors (Lipinski definition) is 3. The van der Waals surface area contributed by atoms with Crippen LogP contribution in [0.1, 0.15) is 111 Å². The number of hydrogen-bond acceptors (Lipinski definition) is 7. The van der Waals surface area contributed by atoms with E-state index >= 15 is 0 Å². The lowest BCUT2D eigenvalue weighted by molar-refractivity contribution is 0.0853. The molecular weight excluding hydrogens is 526 g/mol. The summed E-state index contributed by atoms with van der Waals surface area (Å²) < 4.78 is 10.3. The lowest BCUT2D eigenvalue weighted by Crippen LogP contribution is -2.23. The largest absolute Gasteiger partial charge is 0.389 e. The number of nitrogens with zero attached hydrogens (tertiary/aromatic N) is 2. The molecule has 0 radical (unpaired) electrons. The highest BCUT2D eigenvalue weighted by molar-refractivity contribution is 5.94. The molecule has 2 aliphatic carbocycles. The van der Waals surface area contributed by atoms with Gasteiger partial charge in [0.2, 0.25) is 0 Å². The maximum atomic E-state index is 12.4. The van der Waals surface area contributed by atoms with E-state index in [1.807, 2.05) is 32.0 Å². The van der Waals surface area contributed by atoms with Gasteiger partial charge in [0.1, 0.15) is 11.6 Å². The van der Waals surface area contributed by atoms with Crippen molar-refractivity contribution in [2.24, 2.45) is 0 Å². The summed E-state index contributed by atoms with van der Waals surface area (Å²) in [5.41, 5.74) is 4.29. The summed E-state index contributed by atoms with van der Waals surface area (Å²) in [5.74, 6) is 1.91. The first-order valence-corrected chi connectivity index (χ1v) is 16.0. The summed E-state index contributed by atoms with van der Waals surface area (Å²) in [6.07, 6.45) is 17.2. The normalized spacial score (nSPS) is 16.5. The number of nitrogens with one attached hydrogen (secondary N) is 3. The first-order valence-electron chi connectivity index (χ1n) is 16.0.